The molecule has 0 bridgehead atoms. The maximum absolute atomic E-state index is 13.4. The second kappa shape index (κ2) is 11.1. The number of amides is 2. The lowest BCUT2D eigenvalue weighted by molar-refractivity contribution is -0.384. The number of ketones is 1. The van der Waals surface area contributed by atoms with Crippen LogP contribution in [0.5, 0.6) is 0 Å². The van der Waals surface area contributed by atoms with Gasteiger partial charge < -0.3 is 15.1 Å². The number of nitro benzene ring substituents is 1. The Bertz CT molecular complexity index is 1130. The molecule has 1 aliphatic rings. The van der Waals surface area contributed by atoms with E-state index in [0.29, 0.717) is 37.5 Å². The first kappa shape index (κ1) is 25.9. The Morgan fingerprint density at radius 1 is 1.14 bits per heavy atom. The number of hydrogen-bond acceptors (Lipinski definition) is 6. The summed E-state index contributed by atoms with van der Waals surface area (Å²) in [6, 6.07) is 10.8. The molecule has 1 aliphatic heterocycles. The largest absolute Gasteiger partial charge is 0.372 e. The van der Waals surface area contributed by atoms with Gasteiger partial charge in [0.15, 0.2) is 5.78 Å². The van der Waals surface area contributed by atoms with Gasteiger partial charge in [-0.15, -0.1) is 0 Å². The second-order valence-electron chi connectivity index (χ2n) is 9.46. The van der Waals surface area contributed by atoms with E-state index in [4.69, 9.17) is 0 Å². The van der Waals surface area contributed by atoms with E-state index in [1.165, 1.54) is 18.2 Å². The second-order valence-corrected chi connectivity index (χ2v) is 9.46. The number of benzene rings is 2. The molecular weight excluding hydrogens is 448 g/mol. The molecule has 1 saturated heterocycles. The van der Waals surface area contributed by atoms with Gasteiger partial charge in [0.05, 0.1) is 16.4 Å². The lowest BCUT2D eigenvalue weighted by Crippen LogP contribution is -2.46. The monoisotopic (exact) mass is 480 g/mol. The van der Waals surface area contributed by atoms with Gasteiger partial charge >= 0.3 is 0 Å². The summed E-state index contributed by atoms with van der Waals surface area (Å²) in [4.78, 5) is 53.6. The number of hydrogen-bond donors (Lipinski definition) is 1. The van der Waals surface area contributed by atoms with Crippen molar-refractivity contribution in [2.75, 3.05) is 38.6 Å². The normalized spacial score (nSPS) is 15.6. The molecule has 0 radical (unpaired) electrons. The van der Waals surface area contributed by atoms with Crippen LogP contribution in [0.2, 0.25) is 0 Å². The van der Waals surface area contributed by atoms with Gasteiger partial charge in [-0.05, 0) is 37.0 Å². The van der Waals surface area contributed by atoms with Gasteiger partial charge in [-0.1, -0.05) is 32.0 Å². The number of nitrogens with zero attached hydrogens (tertiary/aromatic N) is 3. The van der Waals surface area contributed by atoms with Gasteiger partial charge in [-0.25, -0.2) is 0 Å². The zero-order valence-electron chi connectivity index (χ0n) is 20.6. The third kappa shape index (κ3) is 6.03. The van der Waals surface area contributed by atoms with Crippen molar-refractivity contribution < 1.29 is 19.3 Å². The molecular formula is C26H32N4O5. The highest BCUT2D eigenvalue weighted by Crippen LogP contribution is 2.29. The minimum atomic E-state index is -0.526. The van der Waals surface area contributed by atoms with E-state index < -0.39 is 10.7 Å². The number of nitrogens with one attached hydrogen (secondary N) is 1. The standard InChI is InChI=1S/C26H32N4O5/c1-17(2)15-27-25(32)19-8-7-13-29(16-19)26(33)21-10-6-5-9-20(21)24(31)18-11-12-22(28(3)4)23(14-18)30(34)35/h5-6,9-12,14,17,19H,7-8,13,15-16H2,1-4H3,(H,27,32). The molecule has 2 aromatic carbocycles. The lowest BCUT2D eigenvalue weighted by atomic mass is 9.94. The number of carbonyl (C=O) groups is 3. The smallest absolute Gasteiger partial charge is 0.293 e. The molecule has 1 N–H and O–H groups in total. The summed E-state index contributed by atoms with van der Waals surface area (Å²) in [5.41, 5.74) is 0.727. The first-order valence-corrected chi connectivity index (χ1v) is 11.8. The van der Waals surface area contributed by atoms with E-state index in [1.54, 1.807) is 48.2 Å². The SMILES string of the molecule is CC(C)CNC(=O)C1CCCN(C(=O)c2ccccc2C(=O)c2ccc(N(C)C)c([N+](=O)[O-])c2)C1. The summed E-state index contributed by atoms with van der Waals surface area (Å²) in [7, 11) is 3.37. The maximum Gasteiger partial charge on any atom is 0.293 e. The predicted molar refractivity (Wildman–Crippen MR) is 134 cm³/mol. The van der Waals surface area contributed by atoms with E-state index in [9.17, 15) is 24.5 Å². The Morgan fingerprint density at radius 2 is 1.83 bits per heavy atom. The van der Waals surface area contributed by atoms with Gasteiger partial charge in [0.25, 0.3) is 11.6 Å². The Labute approximate surface area is 205 Å². The van der Waals surface area contributed by atoms with Crippen molar-refractivity contribution in [1.29, 1.82) is 0 Å². The Hall–Kier alpha value is -3.75. The van der Waals surface area contributed by atoms with Crippen LogP contribution in [0.3, 0.4) is 0 Å². The van der Waals surface area contributed by atoms with E-state index in [0.717, 1.165) is 0 Å². The molecule has 9 heteroatoms. The first-order chi connectivity index (χ1) is 16.6. The van der Waals surface area contributed by atoms with Crippen LogP contribution in [0.25, 0.3) is 0 Å². The van der Waals surface area contributed by atoms with Crippen LogP contribution in [0.4, 0.5) is 11.4 Å². The van der Waals surface area contributed by atoms with Crippen LogP contribution in [0.1, 0.15) is 53.0 Å². The van der Waals surface area contributed by atoms with Crippen LogP contribution in [0.15, 0.2) is 42.5 Å². The summed E-state index contributed by atoms with van der Waals surface area (Å²) in [6.07, 6.45) is 1.40. The number of piperidine rings is 1. The molecule has 1 unspecified atom stereocenters. The van der Waals surface area contributed by atoms with Gasteiger partial charge in [0, 0.05) is 50.9 Å². The van der Waals surface area contributed by atoms with E-state index >= 15 is 0 Å². The van der Waals surface area contributed by atoms with Crippen molar-refractivity contribution in [3.8, 4) is 0 Å². The highest BCUT2D eigenvalue weighted by molar-refractivity contribution is 6.15. The molecule has 9 nitrogen and oxygen atoms in total. The Morgan fingerprint density at radius 3 is 2.46 bits per heavy atom. The third-order valence-corrected chi connectivity index (χ3v) is 6.08. The van der Waals surface area contributed by atoms with Crippen molar-refractivity contribution in [1.82, 2.24) is 10.2 Å². The van der Waals surface area contributed by atoms with Crippen LogP contribution < -0.4 is 10.2 Å². The summed E-state index contributed by atoms with van der Waals surface area (Å²) in [5.74, 6) is -0.814. The van der Waals surface area contributed by atoms with Gasteiger partial charge in [-0.3, -0.25) is 24.5 Å². The molecule has 2 amide bonds. The fraction of sp³-hybridized carbons (Fsp3) is 0.423. The van der Waals surface area contributed by atoms with Crippen molar-refractivity contribution in [2.45, 2.75) is 26.7 Å². The fourth-order valence-corrected chi connectivity index (χ4v) is 4.21. The average molecular weight is 481 g/mol. The number of anilines is 1. The summed E-state index contributed by atoms with van der Waals surface area (Å²) >= 11 is 0. The minimum absolute atomic E-state index is 0.0612. The van der Waals surface area contributed by atoms with Crippen LogP contribution in [-0.2, 0) is 4.79 Å². The molecule has 1 atom stereocenters. The average Bonchev–Trinajstić information content (AvgIpc) is 2.85. The molecule has 0 saturated carbocycles. The summed E-state index contributed by atoms with van der Waals surface area (Å²) in [5, 5.41) is 14.5. The van der Waals surface area contributed by atoms with Crippen molar-refractivity contribution in [3.05, 3.63) is 69.3 Å². The topological polar surface area (TPSA) is 113 Å². The molecule has 0 spiro atoms. The van der Waals surface area contributed by atoms with Gasteiger partial charge in [0.1, 0.15) is 5.69 Å². The quantitative estimate of drug-likeness (QED) is 0.351. The number of rotatable bonds is 8. The number of likely N-dealkylation sites (tertiary alicyclic amines) is 1. The lowest BCUT2D eigenvalue weighted by Gasteiger charge is -2.32. The van der Waals surface area contributed by atoms with E-state index in [2.05, 4.69) is 5.32 Å². The fourth-order valence-electron chi connectivity index (χ4n) is 4.21. The van der Waals surface area contributed by atoms with Crippen molar-refractivity contribution in [3.63, 3.8) is 0 Å². The summed E-state index contributed by atoms with van der Waals surface area (Å²) < 4.78 is 0. The highest BCUT2D eigenvalue weighted by Gasteiger charge is 2.31. The van der Waals surface area contributed by atoms with E-state index in [1.807, 2.05) is 13.8 Å². The van der Waals surface area contributed by atoms with Crippen molar-refractivity contribution >= 4 is 29.0 Å². The van der Waals surface area contributed by atoms with E-state index in [-0.39, 0.29) is 46.7 Å². The minimum Gasteiger partial charge on any atom is -0.372 e. The third-order valence-electron chi connectivity index (χ3n) is 6.08. The molecule has 1 fully saturated rings. The molecule has 186 valence electrons. The molecule has 1 heterocycles. The summed E-state index contributed by atoms with van der Waals surface area (Å²) in [6.45, 7) is 5.41. The molecule has 2 aromatic rings. The predicted octanol–water partition coefficient (Wildman–Crippen LogP) is 3.52. The van der Waals surface area contributed by atoms with Gasteiger partial charge in [-0.2, -0.15) is 0 Å². The molecule has 0 aliphatic carbocycles. The molecule has 0 aromatic heterocycles. The zero-order chi connectivity index (χ0) is 25.7. The molecule has 3 rings (SSSR count). The first-order valence-electron chi connectivity index (χ1n) is 11.8. The number of nitro groups is 1. The van der Waals surface area contributed by atoms with Gasteiger partial charge in [0.2, 0.25) is 5.91 Å². The Kier molecular flexibility index (Phi) is 8.22. The number of carbonyl (C=O) groups excluding carboxylic acids is 3. The zero-order valence-corrected chi connectivity index (χ0v) is 20.6. The van der Waals surface area contributed by atoms with Crippen LogP contribution in [0, 0.1) is 22.0 Å². The molecule has 35 heavy (non-hydrogen) atoms. The van der Waals surface area contributed by atoms with Crippen LogP contribution in [-0.4, -0.2) is 61.2 Å². The van der Waals surface area contributed by atoms with Crippen molar-refractivity contribution in [2.24, 2.45) is 11.8 Å². The Balaban J connectivity index is 1.86. The van der Waals surface area contributed by atoms with Crippen LogP contribution >= 0.6 is 0 Å². The highest BCUT2D eigenvalue weighted by atomic mass is 16.6. The maximum atomic E-state index is 13.4.